The van der Waals surface area contributed by atoms with Gasteiger partial charge >= 0.3 is 0 Å². The molecule has 0 aliphatic heterocycles. The van der Waals surface area contributed by atoms with Crippen LogP contribution in [0.5, 0.6) is 0 Å². The van der Waals surface area contributed by atoms with E-state index in [-0.39, 0.29) is 0 Å². The maximum absolute atomic E-state index is 5.66. The minimum atomic E-state index is 0.622. The van der Waals surface area contributed by atoms with Crippen molar-refractivity contribution in [1.82, 2.24) is 4.90 Å². The molecule has 1 rings (SSSR count). The summed E-state index contributed by atoms with van der Waals surface area (Å²) in [5.74, 6) is 0.753. The number of nitrogens with two attached hydrogens (primary N) is 1. The molecule has 0 heterocycles. The fourth-order valence-electron chi connectivity index (χ4n) is 2.16. The van der Waals surface area contributed by atoms with E-state index in [2.05, 4.69) is 57.0 Å². The van der Waals surface area contributed by atoms with Crippen LogP contribution in [0.4, 0.5) is 0 Å². The fraction of sp³-hybridized carbons (Fsp3) is 0.600. The monoisotopic (exact) mass is 234 g/mol. The van der Waals surface area contributed by atoms with Gasteiger partial charge in [-0.05, 0) is 37.4 Å². The molecule has 0 spiro atoms. The van der Waals surface area contributed by atoms with Crippen molar-refractivity contribution in [2.45, 2.75) is 46.3 Å². The highest BCUT2D eigenvalue weighted by atomic mass is 15.1. The van der Waals surface area contributed by atoms with Crippen molar-refractivity contribution in [3.05, 3.63) is 35.4 Å². The summed E-state index contributed by atoms with van der Waals surface area (Å²) in [5, 5.41) is 0. The molecule has 0 fully saturated rings. The molecular weight excluding hydrogens is 208 g/mol. The highest BCUT2D eigenvalue weighted by molar-refractivity contribution is 5.23. The van der Waals surface area contributed by atoms with Crippen LogP contribution in [0.2, 0.25) is 0 Å². The van der Waals surface area contributed by atoms with Crippen molar-refractivity contribution < 1.29 is 0 Å². The highest BCUT2D eigenvalue weighted by Gasteiger charge is 2.11. The van der Waals surface area contributed by atoms with Crippen LogP contribution in [0.25, 0.3) is 0 Å². The Morgan fingerprint density at radius 2 is 1.82 bits per heavy atom. The number of benzene rings is 1. The Balaban J connectivity index is 2.57. The summed E-state index contributed by atoms with van der Waals surface area (Å²) in [6.45, 7) is 8.48. The molecule has 0 radical (unpaired) electrons. The van der Waals surface area contributed by atoms with E-state index in [0.29, 0.717) is 12.6 Å². The maximum atomic E-state index is 5.66. The summed E-state index contributed by atoms with van der Waals surface area (Å²) >= 11 is 0. The Morgan fingerprint density at radius 3 is 2.41 bits per heavy atom. The average Bonchev–Trinajstić information content (AvgIpc) is 2.28. The van der Waals surface area contributed by atoms with Crippen LogP contribution in [0.1, 0.15) is 38.3 Å². The summed E-state index contributed by atoms with van der Waals surface area (Å²) in [4.78, 5) is 2.41. The third-order valence-electron chi connectivity index (χ3n) is 3.22. The topological polar surface area (TPSA) is 29.3 Å². The van der Waals surface area contributed by atoms with Crippen molar-refractivity contribution in [1.29, 1.82) is 0 Å². The summed E-state index contributed by atoms with van der Waals surface area (Å²) in [6.07, 6.45) is 1.24. The zero-order valence-electron chi connectivity index (χ0n) is 11.6. The summed E-state index contributed by atoms with van der Waals surface area (Å²) < 4.78 is 0. The lowest BCUT2D eigenvalue weighted by Gasteiger charge is -2.26. The lowest BCUT2D eigenvalue weighted by Crippen LogP contribution is -2.29. The number of rotatable bonds is 6. The first-order valence-electron chi connectivity index (χ1n) is 6.51. The summed E-state index contributed by atoms with van der Waals surface area (Å²) in [5.41, 5.74) is 8.23. The molecule has 0 bridgehead atoms. The van der Waals surface area contributed by atoms with E-state index < -0.39 is 0 Å². The van der Waals surface area contributed by atoms with Gasteiger partial charge in [0.25, 0.3) is 0 Å². The molecule has 1 unspecified atom stereocenters. The third kappa shape index (κ3) is 4.88. The largest absolute Gasteiger partial charge is 0.326 e. The van der Waals surface area contributed by atoms with E-state index >= 15 is 0 Å². The Kier molecular flexibility index (Phi) is 5.66. The molecule has 1 aromatic rings. The van der Waals surface area contributed by atoms with Gasteiger partial charge in [0.05, 0.1) is 0 Å². The molecule has 2 N–H and O–H groups in total. The molecule has 17 heavy (non-hydrogen) atoms. The van der Waals surface area contributed by atoms with Crippen LogP contribution < -0.4 is 5.73 Å². The van der Waals surface area contributed by atoms with E-state index in [1.165, 1.54) is 17.5 Å². The Morgan fingerprint density at radius 1 is 1.18 bits per heavy atom. The van der Waals surface area contributed by atoms with Gasteiger partial charge in [-0.1, -0.05) is 38.1 Å². The van der Waals surface area contributed by atoms with Crippen LogP contribution in [0.3, 0.4) is 0 Å². The van der Waals surface area contributed by atoms with Crippen molar-refractivity contribution in [3.8, 4) is 0 Å². The molecule has 0 aliphatic rings. The van der Waals surface area contributed by atoms with Gasteiger partial charge in [0.15, 0.2) is 0 Å². The molecule has 0 aliphatic carbocycles. The van der Waals surface area contributed by atoms with Crippen LogP contribution in [-0.4, -0.2) is 18.0 Å². The molecular formula is C15H26N2. The predicted molar refractivity (Wildman–Crippen MR) is 74.7 cm³/mol. The van der Waals surface area contributed by atoms with Crippen molar-refractivity contribution in [2.75, 3.05) is 7.05 Å². The van der Waals surface area contributed by atoms with Gasteiger partial charge in [-0.15, -0.1) is 0 Å². The summed E-state index contributed by atoms with van der Waals surface area (Å²) in [7, 11) is 2.20. The van der Waals surface area contributed by atoms with Crippen molar-refractivity contribution in [3.63, 3.8) is 0 Å². The first-order chi connectivity index (χ1) is 8.02. The number of hydrogen-bond acceptors (Lipinski definition) is 2. The standard InChI is InChI=1S/C15H26N2/c1-12(2)8-13(3)17(4)11-15-7-5-6-14(9-15)10-16/h5-7,9,12-13H,8,10-11,16H2,1-4H3. The average molecular weight is 234 g/mol. The van der Waals surface area contributed by atoms with E-state index in [0.717, 1.165) is 12.5 Å². The highest BCUT2D eigenvalue weighted by Crippen LogP contribution is 2.13. The second-order valence-electron chi connectivity index (χ2n) is 5.42. The molecule has 0 aromatic heterocycles. The van der Waals surface area contributed by atoms with Crippen molar-refractivity contribution in [2.24, 2.45) is 11.7 Å². The molecule has 1 atom stereocenters. The molecule has 0 saturated heterocycles. The van der Waals surface area contributed by atoms with Crippen LogP contribution in [0, 0.1) is 5.92 Å². The molecule has 1 aromatic carbocycles. The van der Waals surface area contributed by atoms with Gasteiger partial charge in [-0.3, -0.25) is 4.90 Å². The third-order valence-corrected chi connectivity index (χ3v) is 3.22. The smallest absolute Gasteiger partial charge is 0.0233 e. The molecule has 96 valence electrons. The van der Waals surface area contributed by atoms with E-state index in [9.17, 15) is 0 Å². The number of hydrogen-bond donors (Lipinski definition) is 1. The lowest BCUT2D eigenvalue weighted by molar-refractivity contribution is 0.220. The molecule has 2 nitrogen and oxygen atoms in total. The maximum Gasteiger partial charge on any atom is 0.0233 e. The second kappa shape index (κ2) is 6.77. The minimum absolute atomic E-state index is 0.622. The van der Waals surface area contributed by atoms with Gasteiger partial charge in [0, 0.05) is 19.1 Å². The lowest BCUT2D eigenvalue weighted by atomic mass is 10.0. The Bertz CT molecular complexity index is 333. The van der Waals surface area contributed by atoms with Crippen LogP contribution in [0.15, 0.2) is 24.3 Å². The van der Waals surface area contributed by atoms with Gasteiger partial charge in [0.1, 0.15) is 0 Å². The van der Waals surface area contributed by atoms with Gasteiger partial charge in [0.2, 0.25) is 0 Å². The van der Waals surface area contributed by atoms with Gasteiger partial charge in [-0.2, -0.15) is 0 Å². The first kappa shape index (κ1) is 14.2. The molecule has 0 amide bonds. The Labute approximate surface area is 106 Å². The van der Waals surface area contributed by atoms with Crippen LogP contribution in [-0.2, 0) is 13.1 Å². The zero-order valence-corrected chi connectivity index (χ0v) is 11.6. The minimum Gasteiger partial charge on any atom is -0.326 e. The van der Waals surface area contributed by atoms with E-state index in [4.69, 9.17) is 5.73 Å². The normalized spacial score (nSPS) is 13.4. The quantitative estimate of drug-likeness (QED) is 0.820. The Hall–Kier alpha value is -0.860. The van der Waals surface area contributed by atoms with Crippen molar-refractivity contribution >= 4 is 0 Å². The summed E-state index contributed by atoms with van der Waals surface area (Å²) in [6, 6.07) is 9.19. The van der Waals surface area contributed by atoms with Gasteiger partial charge < -0.3 is 5.73 Å². The molecule has 0 saturated carbocycles. The second-order valence-corrected chi connectivity index (χ2v) is 5.42. The van der Waals surface area contributed by atoms with Crippen LogP contribution >= 0.6 is 0 Å². The SMILES string of the molecule is CC(C)CC(C)N(C)Cc1cccc(CN)c1. The number of nitrogens with zero attached hydrogens (tertiary/aromatic N) is 1. The van der Waals surface area contributed by atoms with Gasteiger partial charge in [-0.25, -0.2) is 0 Å². The van der Waals surface area contributed by atoms with E-state index in [1.54, 1.807) is 0 Å². The predicted octanol–water partition coefficient (Wildman–Crippen LogP) is 3.01. The first-order valence-corrected chi connectivity index (χ1v) is 6.51. The zero-order chi connectivity index (χ0) is 12.8. The fourth-order valence-corrected chi connectivity index (χ4v) is 2.16. The molecule has 2 heteroatoms. The van der Waals surface area contributed by atoms with E-state index in [1.807, 2.05) is 0 Å².